The number of aliphatic hydroxyl groups excluding tert-OH is 1. The van der Waals surface area contributed by atoms with Crippen LogP contribution in [0.4, 0.5) is 22.2 Å². The number of ether oxygens (including phenoxy) is 1. The first kappa shape index (κ1) is 23.6. The van der Waals surface area contributed by atoms with Crippen molar-refractivity contribution in [1.82, 2.24) is 9.97 Å². The summed E-state index contributed by atoms with van der Waals surface area (Å²) in [5.41, 5.74) is 1.41. The van der Waals surface area contributed by atoms with E-state index in [2.05, 4.69) is 25.0 Å². The molecule has 2 heterocycles. The Morgan fingerprint density at radius 3 is 2.84 bits per heavy atom. The zero-order chi connectivity index (χ0) is 23.1. The van der Waals surface area contributed by atoms with E-state index in [9.17, 15) is 14.1 Å². The minimum absolute atomic E-state index is 0.0481. The Morgan fingerprint density at radius 1 is 1.34 bits per heavy atom. The molecule has 9 nitrogen and oxygen atoms in total. The van der Waals surface area contributed by atoms with Gasteiger partial charge in [0.15, 0.2) is 0 Å². The highest BCUT2D eigenvalue weighted by atomic mass is 32.2. The summed E-state index contributed by atoms with van der Waals surface area (Å²) >= 11 is 1.56. The Labute approximate surface area is 191 Å². The summed E-state index contributed by atoms with van der Waals surface area (Å²) in [6, 6.07) is 10.4. The molecule has 1 unspecified atom stereocenters. The summed E-state index contributed by atoms with van der Waals surface area (Å²) < 4.78 is 21.4. The number of amides is 1. The first-order valence-electron chi connectivity index (χ1n) is 9.86. The molecule has 3 aromatic rings. The van der Waals surface area contributed by atoms with Crippen LogP contribution >= 0.6 is 11.3 Å². The minimum Gasteiger partial charge on any atom is -0.448 e. The van der Waals surface area contributed by atoms with Gasteiger partial charge in [-0.3, -0.25) is 0 Å². The number of hydrogen-bond acceptors (Lipinski definition) is 9. The molecule has 11 heteroatoms. The Morgan fingerprint density at radius 2 is 2.16 bits per heavy atom. The maximum absolute atomic E-state index is 12.9. The van der Waals surface area contributed by atoms with Crippen molar-refractivity contribution in [2.75, 3.05) is 30.1 Å². The topological polar surface area (TPSA) is 126 Å². The number of rotatable bonds is 8. The van der Waals surface area contributed by atoms with Crippen molar-refractivity contribution in [2.45, 2.75) is 24.8 Å². The third kappa shape index (κ3) is 6.02. The second kappa shape index (κ2) is 10.5. The van der Waals surface area contributed by atoms with Crippen LogP contribution in [0.15, 0.2) is 57.2 Å². The number of thiophene rings is 1. The van der Waals surface area contributed by atoms with E-state index in [1.807, 2.05) is 24.4 Å². The van der Waals surface area contributed by atoms with Gasteiger partial charge >= 0.3 is 6.09 Å². The Bertz CT molecular complexity index is 1190. The van der Waals surface area contributed by atoms with Crippen molar-refractivity contribution < 1.29 is 18.8 Å². The Hall–Kier alpha value is -3.02. The lowest BCUT2D eigenvalue weighted by Gasteiger charge is -2.16. The van der Waals surface area contributed by atoms with Crippen molar-refractivity contribution >= 4 is 44.6 Å². The summed E-state index contributed by atoms with van der Waals surface area (Å²) in [6.45, 7) is 3.61. The van der Waals surface area contributed by atoms with E-state index in [0.717, 1.165) is 10.4 Å². The Kier molecular flexibility index (Phi) is 7.78. The van der Waals surface area contributed by atoms with E-state index >= 15 is 0 Å². The van der Waals surface area contributed by atoms with Crippen LogP contribution in [0.3, 0.4) is 0 Å². The molecule has 0 fully saturated rings. The van der Waals surface area contributed by atoms with Crippen LogP contribution < -0.4 is 10.6 Å². The summed E-state index contributed by atoms with van der Waals surface area (Å²) in [5.74, 6) is 0.902. The van der Waals surface area contributed by atoms with Gasteiger partial charge in [0.05, 0.1) is 28.5 Å². The third-order valence-electron chi connectivity index (χ3n) is 4.28. The van der Waals surface area contributed by atoms with Gasteiger partial charge in [-0.1, -0.05) is 12.1 Å². The molecule has 0 bridgehead atoms. The average molecular weight is 476 g/mol. The van der Waals surface area contributed by atoms with Crippen LogP contribution in [-0.4, -0.2) is 50.9 Å². The fourth-order valence-electron chi connectivity index (χ4n) is 2.73. The number of nitrogens with one attached hydrogen (secondary N) is 2. The number of anilines is 3. The molecule has 3 N–H and O–H groups in total. The normalized spacial score (nSPS) is 13.6. The molecule has 0 saturated heterocycles. The van der Waals surface area contributed by atoms with Crippen molar-refractivity contribution in [3.63, 3.8) is 0 Å². The minimum atomic E-state index is -2.98. The first-order chi connectivity index (χ1) is 15.3. The van der Waals surface area contributed by atoms with Gasteiger partial charge in [-0.05, 0) is 43.5 Å². The van der Waals surface area contributed by atoms with Gasteiger partial charge in [0, 0.05) is 34.0 Å². The fraction of sp³-hybridized carbons (Fsp3) is 0.286. The molecule has 32 heavy (non-hydrogen) atoms. The lowest BCUT2D eigenvalue weighted by Crippen LogP contribution is -2.21. The third-order valence-corrected chi connectivity index (χ3v) is 6.81. The van der Waals surface area contributed by atoms with Crippen molar-refractivity contribution in [1.29, 1.82) is 0 Å². The number of aliphatic hydroxyl groups is 1. The van der Waals surface area contributed by atoms with Gasteiger partial charge < -0.3 is 20.5 Å². The smallest absolute Gasteiger partial charge is 0.442 e. The summed E-state index contributed by atoms with van der Waals surface area (Å²) in [4.78, 5) is 22.0. The van der Waals surface area contributed by atoms with Crippen molar-refractivity contribution in [2.24, 2.45) is 4.36 Å². The first-order valence-corrected chi connectivity index (χ1v) is 12.7. The standard InChI is InChI=1S/C21H25N5O4S2/c1-4-30-21(28)26-32(3,29)16-8-5-7-15(11-16)24-20-22-12-17(18-9-6-10-31-18)19(25-20)23-14(2)13-27/h5-12,14,27H,4,13H2,1-3H3,(H2,22,23,24,25)/t14-,32?/m1/s1. The highest BCUT2D eigenvalue weighted by molar-refractivity contribution is 7.93. The maximum atomic E-state index is 12.9. The number of carbonyl (C=O) groups excluding carboxylic acids is 1. The zero-order valence-electron chi connectivity index (χ0n) is 17.9. The second-order valence-corrected chi connectivity index (χ2v) is 10.1. The van der Waals surface area contributed by atoms with Crippen LogP contribution in [0.5, 0.6) is 0 Å². The molecule has 0 saturated carbocycles. The molecule has 2 aromatic heterocycles. The maximum Gasteiger partial charge on any atom is 0.442 e. The van der Waals surface area contributed by atoms with Crippen LogP contribution in [0.25, 0.3) is 10.4 Å². The molecule has 1 aromatic carbocycles. The van der Waals surface area contributed by atoms with Gasteiger partial charge in [0.25, 0.3) is 0 Å². The number of carbonyl (C=O) groups is 1. The van der Waals surface area contributed by atoms with Crippen LogP contribution in [0.1, 0.15) is 13.8 Å². The van der Waals surface area contributed by atoms with E-state index in [1.165, 1.54) is 6.26 Å². The van der Waals surface area contributed by atoms with Gasteiger partial charge in [0.1, 0.15) is 5.82 Å². The number of benzene rings is 1. The zero-order valence-corrected chi connectivity index (χ0v) is 19.6. The van der Waals surface area contributed by atoms with Gasteiger partial charge in [0.2, 0.25) is 5.95 Å². The van der Waals surface area contributed by atoms with Gasteiger partial charge in [-0.2, -0.15) is 4.98 Å². The lowest BCUT2D eigenvalue weighted by molar-refractivity contribution is 0.164. The van der Waals surface area contributed by atoms with E-state index < -0.39 is 15.8 Å². The summed E-state index contributed by atoms with van der Waals surface area (Å²) in [7, 11) is -2.98. The van der Waals surface area contributed by atoms with Crippen LogP contribution in [0, 0.1) is 0 Å². The van der Waals surface area contributed by atoms with Crippen LogP contribution in [-0.2, 0) is 14.5 Å². The molecule has 0 aliphatic carbocycles. The lowest BCUT2D eigenvalue weighted by atomic mass is 10.2. The molecule has 0 radical (unpaired) electrons. The van der Waals surface area contributed by atoms with E-state index in [-0.39, 0.29) is 19.3 Å². The second-order valence-electron chi connectivity index (χ2n) is 6.91. The molecule has 1 amide bonds. The van der Waals surface area contributed by atoms with E-state index in [0.29, 0.717) is 22.3 Å². The van der Waals surface area contributed by atoms with Crippen molar-refractivity contribution in [3.8, 4) is 10.4 Å². The van der Waals surface area contributed by atoms with Gasteiger partial charge in [-0.25, -0.2) is 14.0 Å². The molecule has 0 aliphatic heterocycles. The predicted octanol–water partition coefficient (Wildman–Crippen LogP) is 4.35. The average Bonchev–Trinajstić information content (AvgIpc) is 3.28. The highest BCUT2D eigenvalue weighted by Crippen LogP contribution is 2.31. The van der Waals surface area contributed by atoms with E-state index in [4.69, 9.17) is 4.74 Å². The van der Waals surface area contributed by atoms with Crippen LogP contribution in [0.2, 0.25) is 0 Å². The molecular formula is C21H25N5O4S2. The number of hydrogen-bond donors (Lipinski definition) is 3. The SMILES string of the molecule is CCOC(=O)N=S(C)(=O)c1cccc(Nc2ncc(-c3cccs3)c(N[C@H](C)CO)n2)c1. The molecule has 2 atom stereocenters. The van der Waals surface area contributed by atoms with E-state index in [1.54, 1.807) is 48.7 Å². The largest absolute Gasteiger partial charge is 0.448 e. The predicted molar refractivity (Wildman–Crippen MR) is 127 cm³/mol. The molecule has 170 valence electrons. The summed E-state index contributed by atoms with van der Waals surface area (Å²) in [6.07, 6.45) is 2.23. The monoisotopic (exact) mass is 475 g/mol. The van der Waals surface area contributed by atoms with Crippen molar-refractivity contribution in [3.05, 3.63) is 48.0 Å². The number of nitrogens with zero attached hydrogens (tertiary/aromatic N) is 3. The fourth-order valence-corrected chi connectivity index (χ4v) is 4.58. The molecule has 0 aliphatic rings. The summed E-state index contributed by atoms with van der Waals surface area (Å²) in [5, 5.41) is 17.7. The molecular weight excluding hydrogens is 450 g/mol. The Balaban J connectivity index is 1.90. The highest BCUT2D eigenvalue weighted by Gasteiger charge is 2.14. The molecule has 0 spiro atoms. The van der Waals surface area contributed by atoms with Gasteiger partial charge in [-0.15, -0.1) is 15.7 Å². The molecule has 3 rings (SSSR count). The quantitative estimate of drug-likeness (QED) is 0.439. The number of aromatic nitrogens is 2.